The van der Waals surface area contributed by atoms with Gasteiger partial charge >= 0.3 is 0 Å². The average Bonchev–Trinajstić information content (AvgIpc) is 3.13. The van der Waals surface area contributed by atoms with Crippen LogP contribution in [0.25, 0.3) is 10.9 Å². The van der Waals surface area contributed by atoms with Crippen LogP contribution < -0.4 is 0 Å². The predicted molar refractivity (Wildman–Crippen MR) is 111 cm³/mol. The predicted octanol–water partition coefficient (Wildman–Crippen LogP) is 5.32. The molecule has 0 atom stereocenters. The number of Topliss-reactive ketones (excluding diaryl/α,β-unsaturated/α-hetero) is 1. The number of H-pyrrole nitrogens is 1. The normalized spacial score (nSPS) is 16.1. The van der Waals surface area contributed by atoms with Crippen LogP contribution in [0.2, 0.25) is 0 Å². The first-order chi connectivity index (χ1) is 13.5. The zero-order chi connectivity index (χ0) is 19.7. The Bertz CT molecular complexity index is 983. The maximum atomic E-state index is 13.8. The number of nitrogens with one attached hydrogen (secondary N) is 1. The molecule has 0 spiro atoms. The molecular formula is C24H27FN2O. The van der Waals surface area contributed by atoms with Crippen LogP contribution >= 0.6 is 0 Å². The Hall–Kier alpha value is -2.46. The largest absolute Gasteiger partial charge is 0.352 e. The molecule has 3 aromatic rings. The molecule has 1 aromatic heterocycles. The zero-order valence-electron chi connectivity index (χ0n) is 16.5. The van der Waals surface area contributed by atoms with Crippen molar-refractivity contribution in [2.75, 3.05) is 13.1 Å². The van der Waals surface area contributed by atoms with Crippen LogP contribution in [0.3, 0.4) is 0 Å². The molecule has 146 valence electrons. The van der Waals surface area contributed by atoms with E-state index in [-0.39, 0.29) is 18.0 Å². The van der Waals surface area contributed by atoms with Gasteiger partial charge in [-0.3, -0.25) is 4.79 Å². The average molecular weight is 378 g/mol. The lowest BCUT2D eigenvalue weighted by atomic mass is 9.88. The molecule has 1 fully saturated rings. The molecule has 1 aliphatic heterocycles. The number of ketones is 1. The molecule has 28 heavy (non-hydrogen) atoms. The highest BCUT2D eigenvalue weighted by Crippen LogP contribution is 2.31. The highest BCUT2D eigenvalue weighted by atomic mass is 19.1. The summed E-state index contributed by atoms with van der Waals surface area (Å²) in [6.07, 6.45) is 2.42. The van der Waals surface area contributed by atoms with Gasteiger partial charge in [-0.25, -0.2) is 4.39 Å². The molecule has 0 unspecified atom stereocenters. The van der Waals surface area contributed by atoms with Crippen LogP contribution in [0.4, 0.5) is 4.39 Å². The summed E-state index contributed by atoms with van der Waals surface area (Å²) in [4.78, 5) is 18.4. The van der Waals surface area contributed by atoms with E-state index in [0.29, 0.717) is 23.2 Å². The highest BCUT2D eigenvalue weighted by Gasteiger charge is 2.22. The molecular weight excluding hydrogens is 351 g/mol. The molecule has 1 N–H and O–H groups in total. The van der Waals surface area contributed by atoms with Gasteiger partial charge in [0.15, 0.2) is 5.78 Å². The van der Waals surface area contributed by atoms with Crippen molar-refractivity contribution in [1.82, 2.24) is 9.88 Å². The lowest BCUT2D eigenvalue weighted by Gasteiger charge is -2.34. The van der Waals surface area contributed by atoms with Crippen LogP contribution in [-0.2, 0) is 6.42 Å². The molecule has 0 saturated carbocycles. The summed E-state index contributed by atoms with van der Waals surface area (Å²) in [5.41, 5.74) is 3.29. The number of aromatic amines is 1. The molecule has 1 saturated heterocycles. The number of carbonyl (C=O) groups is 1. The molecule has 2 heterocycles. The minimum absolute atomic E-state index is 0.0695. The fourth-order valence-electron chi connectivity index (χ4n) is 4.21. The summed E-state index contributed by atoms with van der Waals surface area (Å²) in [5.74, 6) is 0.155. The van der Waals surface area contributed by atoms with Crippen LogP contribution in [0, 0.1) is 5.82 Å². The number of hydrogen-bond donors (Lipinski definition) is 1. The Morgan fingerprint density at radius 2 is 1.89 bits per heavy atom. The molecule has 3 nitrogen and oxygen atoms in total. The smallest absolute Gasteiger partial charge is 0.183 e. The standard InChI is InChI=1S/C24H27FN2O/c1-16(2)27-11-9-17(10-12-27)18-7-8-22-20(13-18)14-23(26-22)24(28)15-19-5-3-4-6-21(19)25/h3-8,13-14,16-17,26H,9-12,15H2,1-2H3. The van der Waals surface area contributed by atoms with Crippen molar-refractivity contribution in [3.05, 3.63) is 71.2 Å². The number of rotatable bonds is 5. The third-order valence-electron chi connectivity index (χ3n) is 5.99. The Kier molecular flexibility index (Phi) is 5.31. The van der Waals surface area contributed by atoms with Gasteiger partial charge in [0.1, 0.15) is 5.82 Å². The fraction of sp³-hybridized carbons (Fsp3) is 0.375. The molecule has 0 bridgehead atoms. The summed E-state index contributed by atoms with van der Waals surface area (Å²) in [7, 11) is 0. The first-order valence-electron chi connectivity index (χ1n) is 10.1. The monoisotopic (exact) mass is 378 g/mol. The zero-order valence-corrected chi connectivity index (χ0v) is 16.5. The lowest BCUT2D eigenvalue weighted by molar-refractivity contribution is 0.0988. The third-order valence-corrected chi connectivity index (χ3v) is 5.99. The Labute approximate surface area is 165 Å². The van der Waals surface area contributed by atoms with E-state index in [0.717, 1.165) is 24.0 Å². The number of nitrogens with zero attached hydrogens (tertiary/aromatic N) is 1. The number of likely N-dealkylation sites (tertiary alicyclic amines) is 1. The molecule has 1 aliphatic rings. The molecule has 2 aromatic carbocycles. The van der Waals surface area contributed by atoms with Crippen molar-refractivity contribution in [2.24, 2.45) is 0 Å². The van der Waals surface area contributed by atoms with E-state index in [9.17, 15) is 9.18 Å². The van der Waals surface area contributed by atoms with Gasteiger partial charge in [0.2, 0.25) is 0 Å². The molecule has 0 amide bonds. The summed E-state index contributed by atoms with van der Waals surface area (Å²) in [6, 6.07) is 15.4. The highest BCUT2D eigenvalue weighted by molar-refractivity contribution is 6.00. The topological polar surface area (TPSA) is 36.1 Å². The van der Waals surface area contributed by atoms with Crippen LogP contribution in [-0.4, -0.2) is 34.8 Å². The van der Waals surface area contributed by atoms with Crippen LogP contribution in [0.1, 0.15) is 54.2 Å². The van der Waals surface area contributed by atoms with Gasteiger partial charge in [0, 0.05) is 23.4 Å². The Balaban J connectivity index is 1.51. The van der Waals surface area contributed by atoms with Crippen molar-refractivity contribution in [1.29, 1.82) is 0 Å². The van der Waals surface area contributed by atoms with E-state index in [2.05, 4.69) is 41.9 Å². The number of benzene rings is 2. The SMILES string of the molecule is CC(C)N1CCC(c2ccc3[nH]c(C(=O)Cc4ccccc4F)cc3c2)CC1. The molecule has 4 rings (SSSR count). The van der Waals surface area contributed by atoms with Crippen LogP contribution in [0.5, 0.6) is 0 Å². The number of piperidine rings is 1. The quantitative estimate of drug-likeness (QED) is 0.610. The first-order valence-corrected chi connectivity index (χ1v) is 10.1. The minimum atomic E-state index is -0.331. The van der Waals surface area contributed by atoms with Gasteiger partial charge in [0.25, 0.3) is 0 Å². The molecule has 0 radical (unpaired) electrons. The number of aromatic nitrogens is 1. The Morgan fingerprint density at radius 3 is 2.61 bits per heavy atom. The molecule has 4 heteroatoms. The van der Waals surface area contributed by atoms with Gasteiger partial charge in [-0.1, -0.05) is 24.3 Å². The van der Waals surface area contributed by atoms with Crippen molar-refractivity contribution in [3.8, 4) is 0 Å². The second-order valence-electron chi connectivity index (χ2n) is 8.13. The number of fused-ring (bicyclic) bond motifs is 1. The summed E-state index contributed by atoms with van der Waals surface area (Å²) in [5, 5.41) is 1.06. The van der Waals surface area contributed by atoms with Crippen molar-refractivity contribution in [2.45, 2.75) is 45.1 Å². The summed E-state index contributed by atoms with van der Waals surface area (Å²) in [6.45, 7) is 6.79. The number of hydrogen-bond acceptors (Lipinski definition) is 2. The van der Waals surface area contributed by atoms with Gasteiger partial charge < -0.3 is 9.88 Å². The summed E-state index contributed by atoms with van der Waals surface area (Å²) >= 11 is 0. The van der Waals surface area contributed by atoms with Gasteiger partial charge in [0.05, 0.1) is 5.69 Å². The second-order valence-corrected chi connectivity index (χ2v) is 8.13. The van der Waals surface area contributed by atoms with Crippen molar-refractivity contribution < 1.29 is 9.18 Å². The lowest BCUT2D eigenvalue weighted by Crippen LogP contribution is -2.37. The van der Waals surface area contributed by atoms with Gasteiger partial charge in [-0.05, 0) is 81.1 Å². The minimum Gasteiger partial charge on any atom is -0.352 e. The van der Waals surface area contributed by atoms with E-state index in [1.165, 1.54) is 24.5 Å². The van der Waals surface area contributed by atoms with E-state index in [1.54, 1.807) is 18.2 Å². The molecule has 0 aliphatic carbocycles. The van der Waals surface area contributed by atoms with E-state index in [1.807, 2.05) is 6.07 Å². The van der Waals surface area contributed by atoms with E-state index >= 15 is 0 Å². The van der Waals surface area contributed by atoms with Crippen molar-refractivity contribution in [3.63, 3.8) is 0 Å². The number of halogens is 1. The van der Waals surface area contributed by atoms with Crippen LogP contribution in [0.15, 0.2) is 48.5 Å². The second kappa shape index (κ2) is 7.88. The first kappa shape index (κ1) is 18.9. The van der Waals surface area contributed by atoms with Gasteiger partial charge in [-0.2, -0.15) is 0 Å². The Morgan fingerprint density at radius 1 is 1.14 bits per heavy atom. The third kappa shape index (κ3) is 3.88. The van der Waals surface area contributed by atoms with E-state index in [4.69, 9.17) is 0 Å². The number of carbonyl (C=O) groups excluding carboxylic acids is 1. The maximum absolute atomic E-state index is 13.8. The fourth-order valence-corrected chi connectivity index (χ4v) is 4.21. The maximum Gasteiger partial charge on any atom is 0.183 e. The van der Waals surface area contributed by atoms with Crippen molar-refractivity contribution >= 4 is 16.7 Å². The van der Waals surface area contributed by atoms with E-state index < -0.39 is 0 Å². The van der Waals surface area contributed by atoms with Gasteiger partial charge in [-0.15, -0.1) is 0 Å². The summed E-state index contributed by atoms with van der Waals surface area (Å²) < 4.78 is 13.8.